The van der Waals surface area contributed by atoms with Crippen LogP contribution in [-0.2, 0) is 0 Å². The number of carbonyl (C=O) groups is 1. The van der Waals surface area contributed by atoms with Crippen LogP contribution in [0.1, 0.15) is 35.0 Å². The normalized spacial score (nSPS) is 10.5. The molecule has 2 aromatic rings. The van der Waals surface area contributed by atoms with Crippen LogP contribution in [0.3, 0.4) is 0 Å². The van der Waals surface area contributed by atoms with Gasteiger partial charge in [-0.3, -0.25) is 4.79 Å². The van der Waals surface area contributed by atoms with Crippen LogP contribution >= 0.6 is 11.3 Å². The average molecular weight is 244 g/mol. The second-order valence-electron chi connectivity index (χ2n) is 4.15. The van der Waals surface area contributed by atoms with Gasteiger partial charge in [-0.25, -0.2) is 0 Å². The van der Waals surface area contributed by atoms with Crippen LogP contribution in [-0.4, -0.2) is 5.78 Å². The molecular weight excluding hydrogens is 228 g/mol. The molecule has 2 heteroatoms. The lowest BCUT2D eigenvalue weighted by Gasteiger charge is -2.01. The summed E-state index contributed by atoms with van der Waals surface area (Å²) in [7, 11) is 0. The Hall–Kier alpha value is -1.41. The Bertz CT molecular complexity index is 525. The standard InChI is InChI=1S/C15H16OS/c1-3-6-13(16)15-10-9-14(17-15)12-8-5-4-7-11(12)2/h4-5,7-10H,3,6H2,1-2H3. The van der Waals surface area contributed by atoms with Crippen molar-refractivity contribution in [3.05, 3.63) is 46.8 Å². The molecule has 0 amide bonds. The highest BCUT2D eigenvalue weighted by Crippen LogP contribution is 2.30. The van der Waals surface area contributed by atoms with Crippen molar-refractivity contribution in [2.45, 2.75) is 26.7 Å². The third-order valence-electron chi connectivity index (χ3n) is 2.77. The molecule has 0 saturated carbocycles. The van der Waals surface area contributed by atoms with Crippen LogP contribution in [0.2, 0.25) is 0 Å². The van der Waals surface area contributed by atoms with Crippen LogP contribution in [0, 0.1) is 6.92 Å². The molecule has 0 radical (unpaired) electrons. The summed E-state index contributed by atoms with van der Waals surface area (Å²) in [6.45, 7) is 4.14. The highest BCUT2D eigenvalue weighted by atomic mass is 32.1. The zero-order valence-corrected chi connectivity index (χ0v) is 11.0. The molecule has 1 nitrogen and oxygen atoms in total. The van der Waals surface area contributed by atoms with Gasteiger partial charge in [-0.2, -0.15) is 0 Å². The predicted octanol–water partition coefficient (Wildman–Crippen LogP) is 4.71. The molecule has 1 aromatic carbocycles. The fourth-order valence-electron chi connectivity index (χ4n) is 1.83. The van der Waals surface area contributed by atoms with Gasteiger partial charge in [-0.1, -0.05) is 31.2 Å². The lowest BCUT2D eigenvalue weighted by atomic mass is 10.1. The Morgan fingerprint density at radius 3 is 2.65 bits per heavy atom. The SMILES string of the molecule is CCCC(=O)c1ccc(-c2ccccc2C)s1. The van der Waals surface area contributed by atoms with E-state index in [2.05, 4.69) is 25.1 Å². The van der Waals surface area contributed by atoms with E-state index in [9.17, 15) is 4.79 Å². The third-order valence-corrected chi connectivity index (χ3v) is 3.93. The first-order valence-electron chi connectivity index (χ1n) is 5.91. The van der Waals surface area contributed by atoms with Crippen molar-refractivity contribution in [2.24, 2.45) is 0 Å². The first-order chi connectivity index (χ1) is 8.22. The summed E-state index contributed by atoms with van der Waals surface area (Å²) >= 11 is 1.60. The molecule has 88 valence electrons. The van der Waals surface area contributed by atoms with E-state index in [4.69, 9.17) is 0 Å². The van der Waals surface area contributed by atoms with E-state index in [-0.39, 0.29) is 5.78 Å². The number of rotatable bonds is 4. The Morgan fingerprint density at radius 1 is 1.18 bits per heavy atom. The summed E-state index contributed by atoms with van der Waals surface area (Å²) in [4.78, 5) is 13.8. The second kappa shape index (κ2) is 5.28. The summed E-state index contributed by atoms with van der Waals surface area (Å²) in [5.74, 6) is 0.261. The van der Waals surface area contributed by atoms with E-state index in [1.54, 1.807) is 11.3 Å². The minimum absolute atomic E-state index is 0.261. The predicted molar refractivity (Wildman–Crippen MR) is 73.7 cm³/mol. The van der Waals surface area contributed by atoms with Gasteiger partial charge in [0.25, 0.3) is 0 Å². The number of carbonyl (C=O) groups excluding carboxylic acids is 1. The van der Waals surface area contributed by atoms with Gasteiger partial charge in [0.1, 0.15) is 0 Å². The number of hydrogen-bond donors (Lipinski definition) is 0. The summed E-state index contributed by atoms with van der Waals surface area (Å²) in [6, 6.07) is 12.3. The van der Waals surface area contributed by atoms with Crippen LogP contribution < -0.4 is 0 Å². The van der Waals surface area contributed by atoms with Crippen molar-refractivity contribution in [1.82, 2.24) is 0 Å². The van der Waals surface area contributed by atoms with Crippen molar-refractivity contribution in [2.75, 3.05) is 0 Å². The van der Waals surface area contributed by atoms with Crippen molar-refractivity contribution in [1.29, 1.82) is 0 Å². The van der Waals surface area contributed by atoms with E-state index in [0.29, 0.717) is 6.42 Å². The zero-order valence-electron chi connectivity index (χ0n) is 10.2. The zero-order chi connectivity index (χ0) is 12.3. The summed E-state index contributed by atoms with van der Waals surface area (Å²) in [5, 5.41) is 0. The highest BCUT2D eigenvalue weighted by molar-refractivity contribution is 7.17. The molecule has 0 aliphatic rings. The van der Waals surface area contributed by atoms with Gasteiger partial charge < -0.3 is 0 Å². The van der Waals surface area contributed by atoms with Crippen LogP contribution in [0.15, 0.2) is 36.4 Å². The molecule has 1 heterocycles. The number of hydrogen-bond acceptors (Lipinski definition) is 2. The molecule has 0 bridgehead atoms. The molecule has 0 saturated heterocycles. The molecule has 17 heavy (non-hydrogen) atoms. The van der Waals surface area contributed by atoms with Gasteiger partial charge >= 0.3 is 0 Å². The molecule has 0 atom stereocenters. The van der Waals surface area contributed by atoms with E-state index < -0.39 is 0 Å². The number of aryl methyl sites for hydroxylation is 1. The first-order valence-corrected chi connectivity index (χ1v) is 6.73. The fraction of sp³-hybridized carbons (Fsp3) is 0.267. The number of Topliss-reactive ketones (excluding diaryl/α,β-unsaturated/α-hetero) is 1. The average Bonchev–Trinajstić information content (AvgIpc) is 2.79. The largest absolute Gasteiger partial charge is 0.293 e. The topological polar surface area (TPSA) is 17.1 Å². The number of ketones is 1. The highest BCUT2D eigenvalue weighted by Gasteiger charge is 2.10. The molecular formula is C15H16OS. The molecule has 0 aliphatic heterocycles. The monoisotopic (exact) mass is 244 g/mol. The Labute approximate surface area is 106 Å². The van der Waals surface area contributed by atoms with Gasteiger partial charge in [0, 0.05) is 11.3 Å². The summed E-state index contributed by atoms with van der Waals surface area (Å²) in [5.41, 5.74) is 2.48. The second-order valence-corrected chi connectivity index (χ2v) is 5.24. The van der Waals surface area contributed by atoms with Crippen molar-refractivity contribution >= 4 is 17.1 Å². The van der Waals surface area contributed by atoms with Crippen molar-refractivity contribution in [3.8, 4) is 10.4 Å². The molecule has 0 N–H and O–H groups in total. The van der Waals surface area contributed by atoms with Gasteiger partial charge in [0.15, 0.2) is 5.78 Å². The number of benzene rings is 1. The molecule has 0 unspecified atom stereocenters. The lowest BCUT2D eigenvalue weighted by molar-refractivity contribution is 0.0985. The van der Waals surface area contributed by atoms with Gasteiger partial charge in [0.05, 0.1) is 4.88 Å². The van der Waals surface area contributed by atoms with E-state index in [1.165, 1.54) is 16.0 Å². The van der Waals surface area contributed by atoms with E-state index >= 15 is 0 Å². The Balaban J connectivity index is 2.30. The van der Waals surface area contributed by atoms with E-state index in [1.807, 2.05) is 25.1 Å². The van der Waals surface area contributed by atoms with Gasteiger partial charge in [-0.05, 0) is 36.6 Å². The van der Waals surface area contributed by atoms with E-state index in [0.717, 1.165) is 11.3 Å². The van der Waals surface area contributed by atoms with Crippen molar-refractivity contribution < 1.29 is 4.79 Å². The maximum Gasteiger partial charge on any atom is 0.172 e. The maximum atomic E-state index is 11.8. The molecule has 0 spiro atoms. The Morgan fingerprint density at radius 2 is 1.94 bits per heavy atom. The molecule has 0 aliphatic carbocycles. The summed E-state index contributed by atoms with van der Waals surface area (Å²) < 4.78 is 0. The smallest absolute Gasteiger partial charge is 0.172 e. The van der Waals surface area contributed by atoms with Gasteiger partial charge in [-0.15, -0.1) is 11.3 Å². The van der Waals surface area contributed by atoms with Crippen LogP contribution in [0.4, 0.5) is 0 Å². The van der Waals surface area contributed by atoms with Crippen LogP contribution in [0.25, 0.3) is 10.4 Å². The molecule has 2 rings (SSSR count). The first kappa shape index (κ1) is 12.1. The number of thiophene rings is 1. The van der Waals surface area contributed by atoms with Gasteiger partial charge in [0.2, 0.25) is 0 Å². The third kappa shape index (κ3) is 2.64. The lowest BCUT2D eigenvalue weighted by Crippen LogP contribution is -1.93. The molecule has 0 fully saturated rings. The Kier molecular flexibility index (Phi) is 3.75. The fourth-order valence-corrected chi connectivity index (χ4v) is 2.90. The maximum absolute atomic E-state index is 11.8. The van der Waals surface area contributed by atoms with Crippen molar-refractivity contribution in [3.63, 3.8) is 0 Å². The minimum atomic E-state index is 0.261. The molecule has 1 aromatic heterocycles. The quantitative estimate of drug-likeness (QED) is 0.712. The minimum Gasteiger partial charge on any atom is -0.293 e. The van der Waals surface area contributed by atoms with Crippen LogP contribution in [0.5, 0.6) is 0 Å². The summed E-state index contributed by atoms with van der Waals surface area (Å²) in [6.07, 6.45) is 1.56.